The van der Waals surface area contributed by atoms with E-state index in [-0.39, 0.29) is 5.92 Å². The minimum Gasteiger partial charge on any atom is -0.198 e. The summed E-state index contributed by atoms with van der Waals surface area (Å²) >= 11 is 0. The minimum atomic E-state index is 0.00741. The Morgan fingerprint density at radius 2 is 2.38 bits per heavy atom. The molecule has 0 aliphatic carbocycles. The molecule has 0 amide bonds. The number of hydrogen-bond donors (Lipinski definition) is 0. The highest BCUT2D eigenvalue weighted by Gasteiger charge is 1.86. The molecule has 0 aliphatic rings. The van der Waals surface area contributed by atoms with Crippen molar-refractivity contribution >= 4 is 0 Å². The van der Waals surface area contributed by atoms with Crippen molar-refractivity contribution in [1.82, 2.24) is 0 Å². The molecule has 1 nitrogen and oxygen atoms in total. The molecule has 0 saturated carbocycles. The van der Waals surface area contributed by atoms with E-state index in [0.29, 0.717) is 0 Å². The molecular formula is C7H9N. The third-order valence-electron chi connectivity index (χ3n) is 0.740. The molecule has 1 unspecified atom stereocenters. The Kier molecular flexibility index (Phi) is 3.60. The van der Waals surface area contributed by atoms with Crippen LogP contribution >= 0.6 is 0 Å². The Labute approximate surface area is 49.9 Å². The predicted octanol–water partition coefficient (Wildman–Crippen LogP) is 1.89. The lowest BCUT2D eigenvalue weighted by atomic mass is 10.2. The van der Waals surface area contributed by atoms with E-state index in [1.165, 1.54) is 0 Å². The van der Waals surface area contributed by atoms with Gasteiger partial charge in [0.1, 0.15) is 0 Å². The molecule has 1 atom stereocenters. The van der Waals surface area contributed by atoms with Crippen molar-refractivity contribution in [3.8, 4) is 6.07 Å². The van der Waals surface area contributed by atoms with Gasteiger partial charge in [0.05, 0.1) is 12.0 Å². The van der Waals surface area contributed by atoms with Crippen molar-refractivity contribution in [2.24, 2.45) is 5.92 Å². The van der Waals surface area contributed by atoms with E-state index in [1.807, 2.05) is 6.92 Å². The zero-order chi connectivity index (χ0) is 6.41. The second-order valence-corrected chi connectivity index (χ2v) is 1.54. The van der Waals surface area contributed by atoms with Gasteiger partial charge < -0.3 is 0 Å². The van der Waals surface area contributed by atoms with Gasteiger partial charge in [0, 0.05) is 0 Å². The molecule has 0 aromatic carbocycles. The molecule has 0 bridgehead atoms. The molecule has 0 spiro atoms. The van der Waals surface area contributed by atoms with Gasteiger partial charge in [-0.3, -0.25) is 0 Å². The number of rotatable bonds is 2. The third-order valence-corrected chi connectivity index (χ3v) is 0.740. The lowest BCUT2D eigenvalue weighted by molar-refractivity contribution is 0.957. The van der Waals surface area contributed by atoms with Gasteiger partial charge in [-0.2, -0.15) is 5.26 Å². The highest BCUT2D eigenvalue weighted by Crippen LogP contribution is 1.92. The first-order valence-electron chi connectivity index (χ1n) is 2.50. The maximum absolute atomic E-state index is 8.23. The summed E-state index contributed by atoms with van der Waals surface area (Å²) in [4.78, 5) is 0. The summed E-state index contributed by atoms with van der Waals surface area (Å²) < 4.78 is 0. The van der Waals surface area contributed by atoms with E-state index in [9.17, 15) is 0 Å². The molecule has 8 heavy (non-hydrogen) atoms. The summed E-state index contributed by atoms with van der Waals surface area (Å²) in [6.07, 6.45) is 5.23. The lowest BCUT2D eigenvalue weighted by Crippen LogP contribution is -1.78. The zero-order valence-electron chi connectivity index (χ0n) is 4.96. The second-order valence-electron chi connectivity index (χ2n) is 1.54. The van der Waals surface area contributed by atoms with Crippen molar-refractivity contribution in [2.45, 2.75) is 6.92 Å². The number of nitriles is 1. The van der Waals surface area contributed by atoms with Crippen LogP contribution < -0.4 is 0 Å². The summed E-state index contributed by atoms with van der Waals surface area (Å²) in [5.74, 6) is 0.00741. The lowest BCUT2D eigenvalue weighted by Gasteiger charge is -1.84. The first-order chi connectivity index (χ1) is 3.81. The van der Waals surface area contributed by atoms with Crippen molar-refractivity contribution in [1.29, 1.82) is 5.26 Å². The molecule has 0 saturated heterocycles. The number of nitrogens with zero attached hydrogens (tertiary/aromatic N) is 1. The fraction of sp³-hybridized carbons (Fsp3) is 0.286. The van der Waals surface area contributed by atoms with Crippen LogP contribution in [0, 0.1) is 17.2 Å². The predicted molar refractivity (Wildman–Crippen MR) is 34.1 cm³/mol. The number of hydrogen-bond acceptors (Lipinski definition) is 1. The normalized spacial score (nSPS) is 13.0. The summed E-state index contributed by atoms with van der Waals surface area (Å²) in [5.41, 5.74) is 0. The van der Waals surface area contributed by atoms with E-state index in [1.54, 1.807) is 18.2 Å². The molecule has 1 heteroatoms. The Hall–Kier alpha value is -1.03. The maximum atomic E-state index is 8.23. The fourth-order valence-electron chi connectivity index (χ4n) is 0.288. The number of allylic oxidation sites excluding steroid dienone is 3. The monoisotopic (exact) mass is 107 g/mol. The van der Waals surface area contributed by atoms with Crippen LogP contribution in [0.15, 0.2) is 24.8 Å². The molecule has 0 aromatic heterocycles. The van der Waals surface area contributed by atoms with Crippen molar-refractivity contribution < 1.29 is 0 Å². The van der Waals surface area contributed by atoms with Gasteiger partial charge in [0.25, 0.3) is 0 Å². The van der Waals surface area contributed by atoms with Crippen LogP contribution in [0.5, 0.6) is 0 Å². The standard InChI is InChI=1S/C7H9N/c1-3-4-5-7(2)6-8/h3-5,7H,1H2,2H3/b5-4+. The van der Waals surface area contributed by atoms with Crippen LogP contribution in [0.4, 0.5) is 0 Å². The van der Waals surface area contributed by atoms with E-state index < -0.39 is 0 Å². The van der Waals surface area contributed by atoms with Gasteiger partial charge in [-0.05, 0) is 6.92 Å². The Morgan fingerprint density at radius 3 is 2.75 bits per heavy atom. The van der Waals surface area contributed by atoms with Gasteiger partial charge in [-0.25, -0.2) is 0 Å². The highest BCUT2D eigenvalue weighted by atomic mass is 14.2. The maximum Gasteiger partial charge on any atom is 0.0694 e. The highest BCUT2D eigenvalue weighted by molar-refractivity contribution is 5.04. The largest absolute Gasteiger partial charge is 0.198 e. The molecular weight excluding hydrogens is 98.1 g/mol. The summed E-state index contributed by atoms with van der Waals surface area (Å²) in [5, 5.41) is 8.23. The first-order valence-corrected chi connectivity index (χ1v) is 2.50. The van der Waals surface area contributed by atoms with E-state index >= 15 is 0 Å². The molecule has 0 heterocycles. The van der Waals surface area contributed by atoms with Gasteiger partial charge in [-0.15, -0.1) is 0 Å². The van der Waals surface area contributed by atoms with E-state index in [4.69, 9.17) is 5.26 Å². The van der Waals surface area contributed by atoms with E-state index in [0.717, 1.165) is 0 Å². The Morgan fingerprint density at radius 1 is 1.75 bits per heavy atom. The van der Waals surface area contributed by atoms with Crippen molar-refractivity contribution in [2.75, 3.05) is 0 Å². The van der Waals surface area contributed by atoms with Crippen LogP contribution in [0.1, 0.15) is 6.92 Å². The van der Waals surface area contributed by atoms with Crippen LogP contribution in [0.25, 0.3) is 0 Å². The molecule has 0 fully saturated rings. The fourth-order valence-corrected chi connectivity index (χ4v) is 0.288. The molecule has 0 aromatic rings. The van der Waals surface area contributed by atoms with Crippen LogP contribution in [0.3, 0.4) is 0 Å². The third kappa shape index (κ3) is 3.17. The van der Waals surface area contributed by atoms with Gasteiger partial charge in [-0.1, -0.05) is 24.8 Å². The average molecular weight is 107 g/mol. The quantitative estimate of drug-likeness (QED) is 0.494. The molecule has 0 radical (unpaired) electrons. The van der Waals surface area contributed by atoms with Crippen LogP contribution in [-0.2, 0) is 0 Å². The molecule has 0 rings (SSSR count). The summed E-state index contributed by atoms with van der Waals surface area (Å²) in [7, 11) is 0. The summed E-state index contributed by atoms with van der Waals surface area (Å²) in [6.45, 7) is 5.30. The van der Waals surface area contributed by atoms with Gasteiger partial charge in [0.2, 0.25) is 0 Å². The second kappa shape index (κ2) is 4.14. The molecule has 42 valence electrons. The molecule has 0 aliphatic heterocycles. The van der Waals surface area contributed by atoms with Crippen LogP contribution in [-0.4, -0.2) is 0 Å². The zero-order valence-corrected chi connectivity index (χ0v) is 4.96. The van der Waals surface area contributed by atoms with E-state index in [2.05, 4.69) is 12.6 Å². The summed E-state index contributed by atoms with van der Waals surface area (Å²) in [6, 6.07) is 2.07. The SMILES string of the molecule is C=C/C=C/C(C)C#N. The minimum absolute atomic E-state index is 0.00741. The first kappa shape index (κ1) is 6.97. The van der Waals surface area contributed by atoms with Crippen molar-refractivity contribution in [3.05, 3.63) is 24.8 Å². The Balaban J connectivity index is 3.56. The molecule has 0 N–H and O–H groups in total. The smallest absolute Gasteiger partial charge is 0.0694 e. The van der Waals surface area contributed by atoms with Gasteiger partial charge in [0.15, 0.2) is 0 Å². The topological polar surface area (TPSA) is 23.8 Å². The van der Waals surface area contributed by atoms with Gasteiger partial charge >= 0.3 is 0 Å². The Bertz CT molecular complexity index is 128. The average Bonchev–Trinajstić information content (AvgIpc) is 1.83. The van der Waals surface area contributed by atoms with Crippen LogP contribution in [0.2, 0.25) is 0 Å². The van der Waals surface area contributed by atoms with Crippen molar-refractivity contribution in [3.63, 3.8) is 0 Å².